The van der Waals surface area contributed by atoms with Crippen molar-refractivity contribution in [3.05, 3.63) is 29.3 Å². The number of carbonyl (C=O) groups is 3. The maximum absolute atomic E-state index is 12.4. The Labute approximate surface area is 134 Å². The molecule has 1 saturated heterocycles. The van der Waals surface area contributed by atoms with Crippen LogP contribution in [0.25, 0.3) is 0 Å². The summed E-state index contributed by atoms with van der Waals surface area (Å²) in [4.78, 5) is 39.6. The lowest BCUT2D eigenvalue weighted by Crippen LogP contribution is -2.51. The number of hydrogen-bond acceptors (Lipinski definition) is 3. The van der Waals surface area contributed by atoms with Crippen LogP contribution in [0.3, 0.4) is 0 Å². The molecule has 2 rings (SSSR count). The predicted molar refractivity (Wildman–Crippen MR) is 83.7 cm³/mol. The first kappa shape index (κ1) is 16.3. The van der Waals surface area contributed by atoms with E-state index in [1.54, 1.807) is 34.1 Å². The Morgan fingerprint density at radius 1 is 1.27 bits per heavy atom. The molecule has 0 radical (unpaired) electrons. The lowest BCUT2D eigenvalue weighted by atomic mass is 10.2. The van der Waals surface area contributed by atoms with E-state index >= 15 is 0 Å². The van der Waals surface area contributed by atoms with Crippen molar-refractivity contribution in [2.24, 2.45) is 0 Å². The Morgan fingerprint density at radius 3 is 2.50 bits per heavy atom. The van der Waals surface area contributed by atoms with Gasteiger partial charge in [-0.3, -0.25) is 14.4 Å². The van der Waals surface area contributed by atoms with Crippen LogP contribution in [-0.2, 0) is 14.4 Å². The molecule has 22 heavy (non-hydrogen) atoms. The molecule has 118 valence electrons. The second-order valence-electron chi connectivity index (χ2n) is 5.11. The Balaban J connectivity index is 2.04. The summed E-state index contributed by atoms with van der Waals surface area (Å²) in [7, 11) is 0. The maximum Gasteiger partial charge on any atom is 0.242 e. The molecule has 3 amide bonds. The van der Waals surface area contributed by atoms with E-state index in [1.807, 2.05) is 0 Å². The fraction of sp³-hybridized carbons (Fsp3) is 0.400. The number of piperazine rings is 1. The second kappa shape index (κ2) is 7.26. The van der Waals surface area contributed by atoms with Crippen LogP contribution in [-0.4, -0.2) is 60.7 Å². The van der Waals surface area contributed by atoms with Gasteiger partial charge in [-0.25, -0.2) is 0 Å². The van der Waals surface area contributed by atoms with Gasteiger partial charge in [0.25, 0.3) is 0 Å². The molecule has 0 spiro atoms. The molecule has 6 nitrogen and oxygen atoms in total. The van der Waals surface area contributed by atoms with Crippen molar-refractivity contribution in [3.8, 4) is 0 Å². The maximum atomic E-state index is 12.4. The van der Waals surface area contributed by atoms with Gasteiger partial charge in [0.2, 0.25) is 18.2 Å². The van der Waals surface area contributed by atoms with Gasteiger partial charge in [0, 0.05) is 43.8 Å². The normalized spacial score (nSPS) is 14.6. The Morgan fingerprint density at radius 2 is 1.95 bits per heavy atom. The molecule has 1 aromatic rings. The third kappa shape index (κ3) is 3.98. The molecule has 7 heteroatoms. The van der Waals surface area contributed by atoms with Crippen LogP contribution in [0.4, 0.5) is 5.69 Å². The average Bonchev–Trinajstić information content (AvgIpc) is 2.52. The number of rotatable bonds is 4. The van der Waals surface area contributed by atoms with Gasteiger partial charge in [-0.15, -0.1) is 0 Å². The van der Waals surface area contributed by atoms with E-state index in [1.165, 1.54) is 11.8 Å². The van der Waals surface area contributed by atoms with Crippen LogP contribution >= 0.6 is 11.6 Å². The molecule has 1 heterocycles. The SMILES string of the molecule is CC(=O)N(CC(=O)N1CCN(C=O)CC1)c1cccc(Cl)c1. The smallest absolute Gasteiger partial charge is 0.242 e. The minimum absolute atomic E-state index is 0.0310. The van der Waals surface area contributed by atoms with E-state index < -0.39 is 0 Å². The second-order valence-corrected chi connectivity index (χ2v) is 5.54. The highest BCUT2D eigenvalue weighted by molar-refractivity contribution is 6.30. The molecule has 1 aliphatic heterocycles. The minimum Gasteiger partial charge on any atom is -0.342 e. The van der Waals surface area contributed by atoms with Crippen molar-refractivity contribution >= 4 is 35.5 Å². The summed E-state index contributed by atoms with van der Waals surface area (Å²) < 4.78 is 0. The molecule has 1 fully saturated rings. The summed E-state index contributed by atoms with van der Waals surface area (Å²) in [6.45, 7) is 3.39. The molecule has 1 aliphatic rings. The Bertz CT molecular complexity index is 571. The van der Waals surface area contributed by atoms with Crippen molar-refractivity contribution in [1.29, 1.82) is 0 Å². The van der Waals surface area contributed by atoms with Crippen molar-refractivity contribution in [2.45, 2.75) is 6.92 Å². The first-order valence-electron chi connectivity index (χ1n) is 7.02. The van der Waals surface area contributed by atoms with Crippen molar-refractivity contribution in [3.63, 3.8) is 0 Å². The Kier molecular flexibility index (Phi) is 5.38. The number of nitrogens with zero attached hydrogens (tertiary/aromatic N) is 3. The minimum atomic E-state index is -0.220. The predicted octanol–water partition coefficient (Wildman–Crippen LogP) is 0.994. The zero-order chi connectivity index (χ0) is 16.1. The molecule has 0 saturated carbocycles. The highest BCUT2D eigenvalue weighted by atomic mass is 35.5. The monoisotopic (exact) mass is 323 g/mol. The summed E-state index contributed by atoms with van der Waals surface area (Å²) in [5.41, 5.74) is 0.597. The average molecular weight is 324 g/mol. The third-order valence-corrected chi connectivity index (χ3v) is 3.84. The Hall–Kier alpha value is -2.08. The first-order chi connectivity index (χ1) is 10.5. The molecular weight excluding hydrogens is 306 g/mol. The van der Waals surface area contributed by atoms with E-state index in [-0.39, 0.29) is 18.4 Å². The van der Waals surface area contributed by atoms with Crippen LogP contribution in [0.5, 0.6) is 0 Å². The van der Waals surface area contributed by atoms with Crippen molar-refractivity contribution in [1.82, 2.24) is 9.80 Å². The van der Waals surface area contributed by atoms with Crippen LogP contribution in [0.2, 0.25) is 5.02 Å². The van der Waals surface area contributed by atoms with Gasteiger partial charge < -0.3 is 14.7 Å². The largest absolute Gasteiger partial charge is 0.342 e. The summed E-state index contributed by atoms with van der Waals surface area (Å²) >= 11 is 5.94. The third-order valence-electron chi connectivity index (χ3n) is 3.61. The molecule has 0 aromatic heterocycles. The van der Waals surface area contributed by atoms with E-state index in [2.05, 4.69) is 0 Å². The first-order valence-corrected chi connectivity index (χ1v) is 7.40. The topological polar surface area (TPSA) is 60.9 Å². The van der Waals surface area contributed by atoms with Crippen LogP contribution in [0, 0.1) is 0 Å². The zero-order valence-corrected chi connectivity index (χ0v) is 13.1. The number of benzene rings is 1. The standard InChI is InChI=1S/C15H18ClN3O3/c1-12(21)19(14-4-2-3-13(16)9-14)10-15(22)18-7-5-17(11-20)6-8-18/h2-4,9,11H,5-8,10H2,1H3. The van der Waals surface area contributed by atoms with Gasteiger partial charge in [-0.05, 0) is 18.2 Å². The molecule has 0 bridgehead atoms. The van der Waals surface area contributed by atoms with Gasteiger partial charge in [-0.1, -0.05) is 17.7 Å². The fourth-order valence-corrected chi connectivity index (χ4v) is 2.52. The van der Waals surface area contributed by atoms with E-state index in [4.69, 9.17) is 11.6 Å². The molecule has 1 aromatic carbocycles. The number of hydrogen-bond donors (Lipinski definition) is 0. The quantitative estimate of drug-likeness (QED) is 0.776. The van der Waals surface area contributed by atoms with E-state index in [0.717, 1.165) is 6.41 Å². The van der Waals surface area contributed by atoms with Gasteiger partial charge in [-0.2, -0.15) is 0 Å². The molecule has 0 aliphatic carbocycles. The fourth-order valence-electron chi connectivity index (χ4n) is 2.34. The molecule has 0 atom stereocenters. The lowest BCUT2D eigenvalue weighted by Gasteiger charge is -2.34. The zero-order valence-electron chi connectivity index (χ0n) is 12.4. The summed E-state index contributed by atoms with van der Waals surface area (Å²) in [6.07, 6.45) is 0.787. The van der Waals surface area contributed by atoms with Gasteiger partial charge in [0.05, 0.1) is 0 Å². The van der Waals surface area contributed by atoms with Gasteiger partial charge >= 0.3 is 0 Å². The number of amides is 3. The molecule has 0 unspecified atom stereocenters. The molecular formula is C15H18ClN3O3. The van der Waals surface area contributed by atoms with Gasteiger partial charge in [0.1, 0.15) is 6.54 Å². The van der Waals surface area contributed by atoms with Gasteiger partial charge in [0.15, 0.2) is 0 Å². The number of halogens is 1. The summed E-state index contributed by atoms with van der Waals surface area (Å²) in [5.74, 6) is -0.358. The number of carbonyl (C=O) groups excluding carboxylic acids is 3. The van der Waals surface area contributed by atoms with E-state index in [9.17, 15) is 14.4 Å². The van der Waals surface area contributed by atoms with Crippen LogP contribution in [0.1, 0.15) is 6.92 Å². The lowest BCUT2D eigenvalue weighted by molar-refractivity contribution is -0.134. The number of anilines is 1. The van der Waals surface area contributed by atoms with Crippen LogP contribution < -0.4 is 4.90 Å². The summed E-state index contributed by atoms with van der Waals surface area (Å²) in [5, 5.41) is 0.510. The van der Waals surface area contributed by atoms with Crippen LogP contribution in [0.15, 0.2) is 24.3 Å². The van der Waals surface area contributed by atoms with Crippen molar-refractivity contribution in [2.75, 3.05) is 37.6 Å². The van der Waals surface area contributed by atoms with E-state index in [0.29, 0.717) is 36.9 Å². The highest BCUT2D eigenvalue weighted by Gasteiger charge is 2.23. The molecule has 0 N–H and O–H groups in total. The highest BCUT2D eigenvalue weighted by Crippen LogP contribution is 2.20. The summed E-state index contributed by atoms with van der Waals surface area (Å²) in [6, 6.07) is 6.84. The van der Waals surface area contributed by atoms with Crippen molar-refractivity contribution < 1.29 is 14.4 Å².